The molecule has 0 N–H and O–H groups in total. The Labute approximate surface area is 182 Å². The molecular weight excluding hydrogens is 402 g/mol. The highest BCUT2D eigenvalue weighted by molar-refractivity contribution is 5.84. The van der Waals surface area contributed by atoms with Crippen LogP contribution in [0.3, 0.4) is 0 Å². The second-order valence-electron chi connectivity index (χ2n) is 8.33. The molecule has 0 aromatic heterocycles. The van der Waals surface area contributed by atoms with Crippen LogP contribution in [0.1, 0.15) is 32.8 Å². The molecule has 0 bridgehead atoms. The zero-order valence-electron chi connectivity index (χ0n) is 18.4. The molecule has 0 radical (unpaired) electrons. The molecule has 1 atom stereocenters. The van der Waals surface area contributed by atoms with Crippen molar-refractivity contribution in [1.82, 2.24) is 9.80 Å². The van der Waals surface area contributed by atoms with Crippen LogP contribution < -0.4 is 0 Å². The van der Waals surface area contributed by atoms with E-state index in [1.807, 2.05) is 36.4 Å². The number of methoxy groups -OCH3 is 1. The van der Waals surface area contributed by atoms with Crippen LogP contribution in [0.2, 0.25) is 0 Å². The number of hydrogen-bond donors (Lipinski definition) is 0. The first kappa shape index (κ1) is 24.2. The SMILES string of the molecule is COC(=O)C1(CC#N)CN(C(=O)OC(C)(C)C)CCN1CC(=O)OCc1ccccc1. The van der Waals surface area contributed by atoms with Crippen LogP contribution in [-0.4, -0.2) is 72.3 Å². The molecule has 0 aliphatic carbocycles. The van der Waals surface area contributed by atoms with Crippen molar-refractivity contribution in [1.29, 1.82) is 5.26 Å². The zero-order valence-corrected chi connectivity index (χ0v) is 18.4. The maximum atomic E-state index is 12.8. The third-order valence-corrected chi connectivity index (χ3v) is 4.85. The number of amides is 1. The highest BCUT2D eigenvalue weighted by atomic mass is 16.6. The number of piperazine rings is 1. The van der Waals surface area contributed by atoms with Crippen LogP contribution >= 0.6 is 0 Å². The summed E-state index contributed by atoms with van der Waals surface area (Å²) in [6.07, 6.45) is -0.852. The van der Waals surface area contributed by atoms with Gasteiger partial charge in [0.2, 0.25) is 0 Å². The van der Waals surface area contributed by atoms with E-state index in [1.165, 1.54) is 12.0 Å². The van der Waals surface area contributed by atoms with Gasteiger partial charge in [-0.2, -0.15) is 5.26 Å². The van der Waals surface area contributed by atoms with Crippen molar-refractivity contribution in [3.05, 3.63) is 35.9 Å². The summed E-state index contributed by atoms with van der Waals surface area (Å²) >= 11 is 0. The Bertz CT molecular complexity index is 830. The van der Waals surface area contributed by atoms with Gasteiger partial charge in [-0.05, 0) is 26.3 Å². The molecule has 1 aliphatic heterocycles. The van der Waals surface area contributed by atoms with Gasteiger partial charge in [0.25, 0.3) is 0 Å². The summed E-state index contributed by atoms with van der Waals surface area (Å²) in [5.74, 6) is -1.24. The van der Waals surface area contributed by atoms with Gasteiger partial charge >= 0.3 is 18.0 Å². The zero-order chi connectivity index (χ0) is 23.1. The second kappa shape index (κ2) is 10.3. The highest BCUT2D eigenvalue weighted by Crippen LogP contribution is 2.28. The number of carbonyl (C=O) groups is 3. The fourth-order valence-electron chi connectivity index (χ4n) is 3.36. The quantitative estimate of drug-likeness (QED) is 0.498. The summed E-state index contributed by atoms with van der Waals surface area (Å²) in [5.41, 5.74) is -1.37. The Morgan fingerprint density at radius 3 is 2.42 bits per heavy atom. The first-order valence-electron chi connectivity index (χ1n) is 9.99. The number of ether oxygens (including phenoxy) is 3. The minimum atomic E-state index is -1.50. The minimum Gasteiger partial charge on any atom is -0.468 e. The molecule has 1 aromatic carbocycles. The van der Waals surface area contributed by atoms with E-state index in [0.717, 1.165) is 5.56 Å². The standard InChI is InChI=1S/C22H29N3O6/c1-21(2,3)31-20(28)24-12-13-25(22(16-24,10-11-23)19(27)29-4)14-18(26)30-15-17-8-6-5-7-9-17/h5-9H,10,12-16H2,1-4H3. The summed E-state index contributed by atoms with van der Waals surface area (Å²) in [4.78, 5) is 40.7. The normalized spacial score (nSPS) is 19.3. The van der Waals surface area contributed by atoms with Crippen molar-refractivity contribution in [3.8, 4) is 6.07 Å². The average Bonchev–Trinajstić information content (AvgIpc) is 2.72. The number of hydrogen-bond acceptors (Lipinski definition) is 8. The van der Waals surface area contributed by atoms with E-state index >= 15 is 0 Å². The van der Waals surface area contributed by atoms with E-state index in [-0.39, 0.29) is 39.2 Å². The number of carbonyl (C=O) groups excluding carboxylic acids is 3. The molecule has 2 rings (SSSR count). The molecule has 1 aromatic rings. The predicted octanol–water partition coefficient (Wildman–Crippen LogP) is 2.11. The van der Waals surface area contributed by atoms with Crippen LogP contribution in [0.5, 0.6) is 0 Å². The summed E-state index contributed by atoms with van der Waals surface area (Å²) in [6, 6.07) is 11.2. The third kappa shape index (κ3) is 6.43. The van der Waals surface area contributed by atoms with Crippen molar-refractivity contribution in [3.63, 3.8) is 0 Å². The largest absolute Gasteiger partial charge is 0.468 e. The van der Waals surface area contributed by atoms with Gasteiger partial charge < -0.3 is 19.1 Å². The van der Waals surface area contributed by atoms with E-state index in [2.05, 4.69) is 0 Å². The number of nitriles is 1. The van der Waals surface area contributed by atoms with Crippen LogP contribution in [0, 0.1) is 11.3 Å². The predicted molar refractivity (Wildman–Crippen MR) is 111 cm³/mol. The van der Waals surface area contributed by atoms with Gasteiger partial charge in [0.05, 0.1) is 32.7 Å². The lowest BCUT2D eigenvalue weighted by Gasteiger charge is -2.47. The van der Waals surface area contributed by atoms with Crippen molar-refractivity contribution >= 4 is 18.0 Å². The lowest BCUT2D eigenvalue weighted by atomic mass is 9.90. The molecule has 168 valence electrons. The molecule has 31 heavy (non-hydrogen) atoms. The Morgan fingerprint density at radius 2 is 1.84 bits per heavy atom. The molecule has 9 nitrogen and oxygen atoms in total. The van der Waals surface area contributed by atoms with Gasteiger partial charge in [0.15, 0.2) is 5.54 Å². The minimum absolute atomic E-state index is 0.0982. The Kier molecular flexibility index (Phi) is 8.00. The van der Waals surface area contributed by atoms with Crippen LogP contribution in [-0.2, 0) is 30.4 Å². The first-order valence-corrected chi connectivity index (χ1v) is 9.99. The van der Waals surface area contributed by atoms with Crippen molar-refractivity contribution in [2.75, 3.05) is 33.3 Å². The van der Waals surface area contributed by atoms with E-state index in [1.54, 1.807) is 25.7 Å². The lowest BCUT2D eigenvalue weighted by Crippen LogP contribution is -2.68. The van der Waals surface area contributed by atoms with E-state index < -0.39 is 29.2 Å². The van der Waals surface area contributed by atoms with Gasteiger partial charge in [-0.1, -0.05) is 30.3 Å². The van der Waals surface area contributed by atoms with Crippen LogP contribution in [0.25, 0.3) is 0 Å². The van der Waals surface area contributed by atoms with Crippen LogP contribution in [0.4, 0.5) is 4.79 Å². The van der Waals surface area contributed by atoms with Crippen molar-refractivity contribution < 1.29 is 28.6 Å². The molecule has 9 heteroatoms. The van der Waals surface area contributed by atoms with E-state index in [9.17, 15) is 19.6 Å². The summed E-state index contributed by atoms with van der Waals surface area (Å²) in [6.45, 7) is 5.38. The lowest BCUT2D eigenvalue weighted by molar-refractivity contribution is -0.164. The molecule has 0 saturated carbocycles. The number of benzene rings is 1. The summed E-state index contributed by atoms with van der Waals surface area (Å²) in [7, 11) is 1.21. The second-order valence-corrected chi connectivity index (χ2v) is 8.33. The molecule has 1 saturated heterocycles. The van der Waals surface area contributed by atoms with Gasteiger partial charge in [-0.15, -0.1) is 0 Å². The summed E-state index contributed by atoms with van der Waals surface area (Å²) in [5, 5.41) is 9.41. The Hall–Kier alpha value is -3.12. The Morgan fingerprint density at radius 1 is 1.16 bits per heavy atom. The van der Waals surface area contributed by atoms with E-state index in [4.69, 9.17) is 14.2 Å². The number of nitrogens with zero attached hydrogens (tertiary/aromatic N) is 3. The highest BCUT2D eigenvalue weighted by Gasteiger charge is 2.51. The van der Waals surface area contributed by atoms with Gasteiger partial charge in [0.1, 0.15) is 12.2 Å². The monoisotopic (exact) mass is 431 g/mol. The number of rotatable bonds is 6. The Balaban J connectivity index is 2.16. The molecule has 1 heterocycles. The summed E-state index contributed by atoms with van der Waals surface area (Å²) < 4.78 is 15.7. The fraction of sp³-hybridized carbons (Fsp3) is 0.545. The maximum absolute atomic E-state index is 12.8. The third-order valence-electron chi connectivity index (χ3n) is 4.85. The number of esters is 2. The smallest absolute Gasteiger partial charge is 0.410 e. The topological polar surface area (TPSA) is 109 Å². The van der Waals surface area contributed by atoms with Crippen molar-refractivity contribution in [2.24, 2.45) is 0 Å². The molecule has 1 amide bonds. The first-order chi connectivity index (χ1) is 14.6. The fourth-order valence-corrected chi connectivity index (χ4v) is 3.36. The van der Waals surface area contributed by atoms with Gasteiger partial charge in [0, 0.05) is 13.1 Å². The van der Waals surface area contributed by atoms with Gasteiger partial charge in [-0.25, -0.2) is 9.59 Å². The average molecular weight is 431 g/mol. The molecule has 1 aliphatic rings. The molecule has 1 fully saturated rings. The molecular formula is C22H29N3O6. The molecule has 1 unspecified atom stereocenters. The maximum Gasteiger partial charge on any atom is 0.410 e. The van der Waals surface area contributed by atoms with Gasteiger partial charge in [-0.3, -0.25) is 9.69 Å². The van der Waals surface area contributed by atoms with Crippen LogP contribution in [0.15, 0.2) is 30.3 Å². The van der Waals surface area contributed by atoms with E-state index in [0.29, 0.717) is 0 Å². The van der Waals surface area contributed by atoms with Crippen molar-refractivity contribution in [2.45, 2.75) is 44.9 Å². The molecule has 0 spiro atoms.